The molecule has 0 amide bonds. The Bertz CT molecular complexity index is 339. The molecule has 0 radical (unpaired) electrons. The van der Waals surface area contributed by atoms with Crippen LogP contribution >= 0.6 is 0 Å². The predicted octanol–water partition coefficient (Wildman–Crippen LogP) is 2.67. The molecule has 2 nitrogen and oxygen atoms in total. The van der Waals surface area contributed by atoms with Crippen LogP contribution in [0.4, 0.5) is 0 Å². The van der Waals surface area contributed by atoms with Gasteiger partial charge in [0.1, 0.15) is 0 Å². The zero-order valence-electron chi connectivity index (χ0n) is 9.78. The lowest BCUT2D eigenvalue weighted by Gasteiger charge is -2.25. The maximum Gasteiger partial charge on any atom is 0.0865 e. The van der Waals surface area contributed by atoms with Crippen molar-refractivity contribution in [2.24, 2.45) is 5.92 Å². The van der Waals surface area contributed by atoms with Crippen LogP contribution in [0.2, 0.25) is 0 Å². The van der Waals surface area contributed by atoms with Gasteiger partial charge in [-0.25, -0.2) is 0 Å². The highest BCUT2D eigenvalue weighted by atomic mass is 16.5. The quantitative estimate of drug-likeness (QED) is 0.786. The molecule has 0 spiro atoms. The van der Waals surface area contributed by atoms with Crippen molar-refractivity contribution in [2.75, 3.05) is 20.2 Å². The van der Waals surface area contributed by atoms with Crippen molar-refractivity contribution >= 4 is 5.57 Å². The first-order valence-electron chi connectivity index (χ1n) is 5.91. The first kappa shape index (κ1) is 11.2. The average Bonchev–Trinajstić information content (AvgIpc) is 2.38. The number of allylic oxidation sites excluding steroid dienone is 1. The summed E-state index contributed by atoms with van der Waals surface area (Å²) in [6.45, 7) is 2.22. The largest absolute Gasteiger partial charge is 0.504 e. The third-order valence-corrected chi connectivity index (χ3v) is 3.13. The second-order valence-electron chi connectivity index (χ2n) is 4.20. The molecule has 1 aromatic rings. The van der Waals surface area contributed by atoms with Crippen LogP contribution < -0.4 is 5.32 Å². The first-order valence-corrected chi connectivity index (χ1v) is 5.91. The molecule has 0 aliphatic carbocycles. The van der Waals surface area contributed by atoms with E-state index in [-0.39, 0.29) is 0 Å². The molecule has 1 aliphatic rings. The molecule has 1 aromatic carbocycles. The van der Waals surface area contributed by atoms with Gasteiger partial charge in [-0.15, -0.1) is 0 Å². The Hall–Kier alpha value is -1.28. The number of ether oxygens (including phenoxy) is 1. The molecule has 0 saturated carbocycles. The SMILES string of the molecule is CO/C=C(/c1ccccc1)C1CCNCC1. The smallest absolute Gasteiger partial charge is 0.0865 e. The van der Waals surface area contributed by atoms with Crippen LogP contribution in [0.5, 0.6) is 0 Å². The summed E-state index contributed by atoms with van der Waals surface area (Å²) >= 11 is 0. The molecule has 0 aromatic heterocycles. The van der Waals surface area contributed by atoms with E-state index in [9.17, 15) is 0 Å². The molecule has 0 unspecified atom stereocenters. The molecular weight excluding hydrogens is 198 g/mol. The van der Waals surface area contributed by atoms with Gasteiger partial charge in [-0.05, 0) is 43.0 Å². The monoisotopic (exact) mass is 217 g/mol. The van der Waals surface area contributed by atoms with Crippen molar-refractivity contribution in [1.29, 1.82) is 0 Å². The Balaban J connectivity index is 2.20. The van der Waals surface area contributed by atoms with E-state index in [1.54, 1.807) is 7.11 Å². The van der Waals surface area contributed by atoms with Crippen molar-refractivity contribution in [1.82, 2.24) is 5.32 Å². The van der Waals surface area contributed by atoms with Gasteiger partial charge in [-0.1, -0.05) is 30.3 Å². The van der Waals surface area contributed by atoms with Crippen LogP contribution in [0.1, 0.15) is 18.4 Å². The summed E-state index contributed by atoms with van der Waals surface area (Å²) in [6, 6.07) is 10.5. The number of benzene rings is 1. The van der Waals surface area contributed by atoms with E-state index in [1.165, 1.54) is 24.0 Å². The first-order chi connectivity index (χ1) is 7.92. The van der Waals surface area contributed by atoms with Gasteiger partial charge in [0, 0.05) is 0 Å². The Labute approximate surface area is 97.3 Å². The van der Waals surface area contributed by atoms with Crippen molar-refractivity contribution in [3.8, 4) is 0 Å². The van der Waals surface area contributed by atoms with Crippen LogP contribution in [0, 0.1) is 5.92 Å². The van der Waals surface area contributed by atoms with E-state index in [1.807, 2.05) is 6.26 Å². The third kappa shape index (κ3) is 2.64. The molecular formula is C14H19NO. The van der Waals surface area contributed by atoms with Crippen LogP contribution in [-0.2, 0) is 4.74 Å². The van der Waals surface area contributed by atoms with Gasteiger partial charge < -0.3 is 10.1 Å². The van der Waals surface area contributed by atoms with Crippen molar-refractivity contribution in [3.05, 3.63) is 42.2 Å². The van der Waals surface area contributed by atoms with Crippen LogP contribution in [0.25, 0.3) is 5.57 Å². The summed E-state index contributed by atoms with van der Waals surface area (Å²) in [7, 11) is 1.73. The Morgan fingerprint density at radius 2 is 1.94 bits per heavy atom. The lowest BCUT2D eigenvalue weighted by molar-refractivity contribution is 0.333. The zero-order chi connectivity index (χ0) is 11.2. The third-order valence-electron chi connectivity index (χ3n) is 3.13. The summed E-state index contributed by atoms with van der Waals surface area (Å²) in [6.07, 6.45) is 4.31. The lowest BCUT2D eigenvalue weighted by atomic mass is 9.86. The van der Waals surface area contributed by atoms with Gasteiger partial charge in [0.2, 0.25) is 0 Å². The van der Waals surface area contributed by atoms with Crippen LogP contribution in [0.15, 0.2) is 36.6 Å². The summed E-state index contributed by atoms with van der Waals surface area (Å²) < 4.78 is 5.23. The molecule has 1 N–H and O–H groups in total. The van der Waals surface area contributed by atoms with E-state index in [2.05, 4.69) is 35.6 Å². The zero-order valence-corrected chi connectivity index (χ0v) is 9.78. The number of hydrogen-bond acceptors (Lipinski definition) is 2. The van der Waals surface area contributed by atoms with E-state index in [0.717, 1.165) is 13.1 Å². The maximum atomic E-state index is 5.23. The second kappa shape index (κ2) is 5.71. The molecule has 0 bridgehead atoms. The minimum atomic E-state index is 0.628. The normalized spacial score (nSPS) is 18.4. The molecule has 1 heterocycles. The van der Waals surface area contributed by atoms with Crippen molar-refractivity contribution in [2.45, 2.75) is 12.8 Å². The topological polar surface area (TPSA) is 21.3 Å². The van der Waals surface area contributed by atoms with E-state index in [4.69, 9.17) is 4.74 Å². The maximum absolute atomic E-state index is 5.23. The molecule has 1 fully saturated rings. The fourth-order valence-corrected chi connectivity index (χ4v) is 2.29. The van der Waals surface area contributed by atoms with Gasteiger partial charge >= 0.3 is 0 Å². The molecule has 2 heteroatoms. The number of methoxy groups -OCH3 is 1. The predicted molar refractivity (Wildman–Crippen MR) is 67.0 cm³/mol. The lowest BCUT2D eigenvalue weighted by Crippen LogP contribution is -2.28. The molecule has 2 rings (SSSR count). The van der Waals surface area contributed by atoms with Gasteiger partial charge in [0.25, 0.3) is 0 Å². The van der Waals surface area contributed by atoms with Gasteiger partial charge in [-0.2, -0.15) is 0 Å². The van der Waals surface area contributed by atoms with Gasteiger partial charge in [-0.3, -0.25) is 0 Å². The summed E-state index contributed by atoms with van der Waals surface area (Å²) in [5, 5.41) is 3.40. The van der Waals surface area contributed by atoms with E-state index >= 15 is 0 Å². The average molecular weight is 217 g/mol. The van der Waals surface area contributed by atoms with Crippen LogP contribution in [0.3, 0.4) is 0 Å². The molecule has 1 aliphatic heterocycles. The van der Waals surface area contributed by atoms with E-state index < -0.39 is 0 Å². The minimum absolute atomic E-state index is 0.628. The van der Waals surface area contributed by atoms with Gasteiger partial charge in [0.15, 0.2) is 0 Å². The summed E-state index contributed by atoms with van der Waals surface area (Å²) in [5.74, 6) is 0.628. The number of hydrogen-bond donors (Lipinski definition) is 1. The Kier molecular flexibility index (Phi) is 4.00. The summed E-state index contributed by atoms with van der Waals surface area (Å²) in [4.78, 5) is 0. The second-order valence-corrected chi connectivity index (χ2v) is 4.20. The van der Waals surface area contributed by atoms with Crippen molar-refractivity contribution < 1.29 is 4.74 Å². The molecule has 86 valence electrons. The molecule has 1 saturated heterocycles. The fourth-order valence-electron chi connectivity index (χ4n) is 2.29. The van der Waals surface area contributed by atoms with Crippen molar-refractivity contribution in [3.63, 3.8) is 0 Å². The van der Waals surface area contributed by atoms with Gasteiger partial charge in [0.05, 0.1) is 13.4 Å². The molecule has 0 atom stereocenters. The Morgan fingerprint density at radius 1 is 1.25 bits per heavy atom. The highest BCUT2D eigenvalue weighted by Crippen LogP contribution is 2.29. The number of nitrogens with one attached hydrogen (secondary N) is 1. The molecule has 16 heavy (non-hydrogen) atoms. The van der Waals surface area contributed by atoms with Crippen LogP contribution in [-0.4, -0.2) is 20.2 Å². The standard InChI is InChI=1S/C14H19NO/c1-16-11-14(12-5-3-2-4-6-12)13-7-9-15-10-8-13/h2-6,11,13,15H,7-10H2,1H3/b14-11-. The number of piperidine rings is 1. The highest BCUT2D eigenvalue weighted by molar-refractivity contribution is 5.66. The Morgan fingerprint density at radius 3 is 2.56 bits per heavy atom. The number of rotatable bonds is 3. The minimum Gasteiger partial charge on any atom is -0.504 e. The summed E-state index contributed by atoms with van der Waals surface area (Å²) in [5.41, 5.74) is 2.63. The van der Waals surface area contributed by atoms with E-state index in [0.29, 0.717) is 5.92 Å². The fraction of sp³-hybridized carbons (Fsp3) is 0.429. The highest BCUT2D eigenvalue weighted by Gasteiger charge is 2.18.